The number of benzene rings is 1. The number of thiophene rings is 1. The van der Waals surface area contributed by atoms with Gasteiger partial charge in [0.2, 0.25) is 0 Å². The van der Waals surface area contributed by atoms with E-state index in [0.717, 1.165) is 5.56 Å². The molecule has 1 aromatic carbocycles. The monoisotopic (exact) mass is 384 g/mol. The van der Waals surface area contributed by atoms with Crippen molar-refractivity contribution >= 4 is 28.3 Å². The highest BCUT2D eigenvalue weighted by Gasteiger charge is 2.13. The Balaban J connectivity index is 1.69. The third kappa shape index (κ3) is 3.13. The molecule has 0 bridgehead atoms. The van der Waals surface area contributed by atoms with E-state index in [0.29, 0.717) is 21.6 Å². The molecule has 0 saturated heterocycles. The van der Waals surface area contributed by atoms with E-state index >= 15 is 0 Å². The Morgan fingerprint density at radius 3 is 2.81 bits per heavy atom. The quantitative estimate of drug-likeness (QED) is 0.506. The molecule has 4 aromatic rings. The van der Waals surface area contributed by atoms with Crippen LogP contribution in [0.4, 0.5) is 4.39 Å². The minimum atomic E-state index is -0.409. The maximum atomic E-state index is 13.1. The summed E-state index contributed by atoms with van der Waals surface area (Å²) < 4.78 is 20.7. The second kappa shape index (κ2) is 6.76. The van der Waals surface area contributed by atoms with Gasteiger partial charge in [0, 0.05) is 0 Å². The van der Waals surface area contributed by atoms with Gasteiger partial charge in [0.05, 0.1) is 25.5 Å². The largest absolute Gasteiger partial charge is 0.465 e. The van der Waals surface area contributed by atoms with E-state index in [4.69, 9.17) is 0 Å². The van der Waals surface area contributed by atoms with Gasteiger partial charge in [-0.05, 0) is 41.3 Å². The number of fused-ring (bicyclic) bond motifs is 1. The number of carbonyl (C=O) groups excluding carboxylic acids is 1. The van der Waals surface area contributed by atoms with Gasteiger partial charge < -0.3 is 4.74 Å². The fourth-order valence-corrected chi connectivity index (χ4v) is 3.52. The average Bonchev–Trinajstić information content (AvgIpc) is 3.31. The van der Waals surface area contributed by atoms with Crippen LogP contribution < -0.4 is 5.56 Å². The van der Waals surface area contributed by atoms with E-state index in [1.807, 2.05) is 0 Å². The minimum Gasteiger partial charge on any atom is -0.465 e. The number of carbonyl (C=O) groups is 1. The zero-order valence-corrected chi connectivity index (χ0v) is 14.9. The number of aromatic nitrogens is 4. The highest BCUT2D eigenvalue weighted by atomic mass is 32.1. The second-order valence-electron chi connectivity index (χ2n) is 5.76. The summed E-state index contributed by atoms with van der Waals surface area (Å²) in [7, 11) is 1.32. The normalized spacial score (nSPS) is 11.0. The van der Waals surface area contributed by atoms with Gasteiger partial charge in [0.15, 0.2) is 5.65 Å². The van der Waals surface area contributed by atoms with Crippen molar-refractivity contribution in [2.24, 2.45) is 0 Å². The molecule has 0 fully saturated rings. The summed E-state index contributed by atoms with van der Waals surface area (Å²) in [6, 6.07) is 7.46. The first kappa shape index (κ1) is 17.1. The van der Waals surface area contributed by atoms with Crippen LogP contribution >= 0.6 is 11.3 Å². The molecule has 0 radical (unpaired) electrons. The van der Waals surface area contributed by atoms with Crippen LogP contribution in [0.25, 0.3) is 16.7 Å². The second-order valence-corrected chi connectivity index (χ2v) is 6.67. The molecule has 0 aliphatic carbocycles. The molecule has 0 aliphatic heterocycles. The van der Waals surface area contributed by atoms with Crippen molar-refractivity contribution in [1.29, 1.82) is 0 Å². The lowest BCUT2D eigenvalue weighted by Gasteiger charge is -2.05. The Morgan fingerprint density at radius 2 is 2.07 bits per heavy atom. The predicted molar refractivity (Wildman–Crippen MR) is 97.8 cm³/mol. The lowest BCUT2D eigenvalue weighted by molar-refractivity contribution is 0.0606. The molecule has 0 amide bonds. The number of esters is 1. The van der Waals surface area contributed by atoms with Crippen molar-refractivity contribution in [2.45, 2.75) is 6.54 Å². The summed E-state index contributed by atoms with van der Waals surface area (Å²) in [5.41, 5.74) is 1.55. The smallest absolute Gasteiger partial charge is 0.348 e. The predicted octanol–water partition coefficient (Wildman–Crippen LogP) is 2.62. The summed E-state index contributed by atoms with van der Waals surface area (Å²) in [6.45, 7) is 0.275. The highest BCUT2D eigenvalue weighted by Crippen LogP contribution is 2.17. The van der Waals surface area contributed by atoms with Gasteiger partial charge in [-0.15, -0.1) is 11.3 Å². The van der Waals surface area contributed by atoms with Gasteiger partial charge in [0.25, 0.3) is 5.56 Å². The van der Waals surface area contributed by atoms with Crippen molar-refractivity contribution in [1.82, 2.24) is 19.3 Å². The van der Waals surface area contributed by atoms with Gasteiger partial charge in [-0.1, -0.05) is 0 Å². The molecular formula is C18H13FN4O3S. The van der Waals surface area contributed by atoms with Crippen molar-refractivity contribution < 1.29 is 13.9 Å². The van der Waals surface area contributed by atoms with E-state index in [2.05, 4.69) is 14.8 Å². The zero-order valence-electron chi connectivity index (χ0n) is 14.1. The summed E-state index contributed by atoms with van der Waals surface area (Å²) >= 11 is 1.26. The van der Waals surface area contributed by atoms with Crippen LogP contribution in [-0.4, -0.2) is 32.4 Å². The maximum absolute atomic E-state index is 13.1. The molecule has 7 nitrogen and oxygen atoms in total. The highest BCUT2D eigenvalue weighted by molar-refractivity contribution is 7.12. The van der Waals surface area contributed by atoms with Gasteiger partial charge >= 0.3 is 5.97 Å². The fraction of sp³-hybridized carbons (Fsp3) is 0.111. The summed E-state index contributed by atoms with van der Waals surface area (Å²) in [5, 5.41) is 6.35. The number of methoxy groups -OCH3 is 1. The van der Waals surface area contributed by atoms with Crippen LogP contribution in [0.1, 0.15) is 15.2 Å². The van der Waals surface area contributed by atoms with Gasteiger partial charge in [-0.2, -0.15) is 5.10 Å². The van der Waals surface area contributed by atoms with E-state index < -0.39 is 5.97 Å². The maximum Gasteiger partial charge on any atom is 0.348 e. The first-order valence-corrected chi connectivity index (χ1v) is 8.79. The molecule has 0 N–H and O–H groups in total. The van der Waals surface area contributed by atoms with Crippen molar-refractivity contribution in [3.8, 4) is 5.69 Å². The molecule has 0 unspecified atom stereocenters. The molecule has 3 aromatic heterocycles. The summed E-state index contributed by atoms with van der Waals surface area (Å²) in [5.74, 6) is -0.764. The zero-order chi connectivity index (χ0) is 19.0. The Hall–Kier alpha value is -3.33. The third-order valence-electron chi connectivity index (χ3n) is 4.02. The minimum absolute atomic E-state index is 0.251. The SMILES string of the molecule is COC(=O)c1cc(Cn2cnc3c(cnn3-c3ccc(F)cc3)c2=O)cs1. The standard InChI is InChI=1S/C18H13FN4O3S/c1-26-18(25)15-6-11(9-27-15)8-22-10-20-16-14(17(22)24)7-21-23(16)13-4-2-12(19)3-5-13/h2-7,9-10H,8H2,1H3. The first-order valence-electron chi connectivity index (χ1n) is 7.91. The first-order chi connectivity index (χ1) is 13.1. The topological polar surface area (TPSA) is 79.0 Å². The Labute approximate surface area is 156 Å². The van der Waals surface area contributed by atoms with E-state index in [1.165, 1.54) is 52.4 Å². The molecule has 9 heteroatoms. The number of nitrogens with zero attached hydrogens (tertiary/aromatic N) is 4. The fourth-order valence-electron chi connectivity index (χ4n) is 2.70. The third-order valence-corrected chi connectivity index (χ3v) is 4.98. The van der Waals surface area contributed by atoms with Crippen LogP contribution in [0.3, 0.4) is 0 Å². The summed E-state index contributed by atoms with van der Waals surface area (Å²) in [6.07, 6.45) is 2.87. The Morgan fingerprint density at radius 1 is 1.30 bits per heavy atom. The molecule has 0 saturated carbocycles. The van der Waals surface area contributed by atoms with Crippen LogP contribution in [0.2, 0.25) is 0 Å². The lowest BCUT2D eigenvalue weighted by Crippen LogP contribution is -2.20. The molecule has 3 heterocycles. The molecule has 0 spiro atoms. The molecule has 4 rings (SSSR count). The Bertz CT molecular complexity index is 1190. The van der Waals surface area contributed by atoms with E-state index in [1.54, 1.807) is 23.6 Å². The molecular weight excluding hydrogens is 371 g/mol. The summed E-state index contributed by atoms with van der Waals surface area (Å²) in [4.78, 5) is 29.1. The molecule has 0 aliphatic rings. The van der Waals surface area contributed by atoms with E-state index in [-0.39, 0.29) is 17.9 Å². The van der Waals surface area contributed by atoms with Crippen molar-refractivity contribution in [3.05, 3.63) is 74.8 Å². The van der Waals surface area contributed by atoms with Crippen LogP contribution in [0, 0.1) is 5.82 Å². The number of halogens is 1. The lowest BCUT2D eigenvalue weighted by atomic mass is 10.3. The molecule has 0 atom stereocenters. The average molecular weight is 384 g/mol. The Kier molecular flexibility index (Phi) is 4.28. The molecule has 136 valence electrons. The number of hydrogen-bond acceptors (Lipinski definition) is 6. The van der Waals surface area contributed by atoms with Crippen molar-refractivity contribution in [3.63, 3.8) is 0 Å². The van der Waals surface area contributed by atoms with Crippen LogP contribution in [0.15, 0.2) is 53.0 Å². The van der Waals surface area contributed by atoms with Gasteiger partial charge in [0.1, 0.15) is 22.4 Å². The van der Waals surface area contributed by atoms with Crippen LogP contribution in [0.5, 0.6) is 0 Å². The number of rotatable bonds is 4. The number of hydrogen-bond donors (Lipinski definition) is 0. The van der Waals surface area contributed by atoms with Gasteiger partial charge in [-0.3, -0.25) is 9.36 Å². The van der Waals surface area contributed by atoms with Crippen molar-refractivity contribution in [2.75, 3.05) is 7.11 Å². The van der Waals surface area contributed by atoms with Gasteiger partial charge in [-0.25, -0.2) is 18.9 Å². The van der Waals surface area contributed by atoms with E-state index in [9.17, 15) is 14.0 Å². The number of ether oxygens (including phenoxy) is 1. The van der Waals surface area contributed by atoms with Crippen LogP contribution in [-0.2, 0) is 11.3 Å². The molecule has 27 heavy (non-hydrogen) atoms.